The minimum Gasteiger partial charge on any atom is -0.481 e. The van der Waals surface area contributed by atoms with Crippen LogP contribution in [0.1, 0.15) is 33.6 Å². The van der Waals surface area contributed by atoms with Gasteiger partial charge in [0.15, 0.2) is 0 Å². The van der Waals surface area contributed by atoms with Crippen molar-refractivity contribution in [1.82, 2.24) is 4.90 Å². The van der Waals surface area contributed by atoms with E-state index in [1.54, 1.807) is 11.8 Å². The van der Waals surface area contributed by atoms with Crippen LogP contribution in [0.4, 0.5) is 0 Å². The molecule has 0 aliphatic carbocycles. The number of carbonyl (C=O) groups is 2. The number of rotatable bonds is 6. The molecule has 18 heavy (non-hydrogen) atoms. The maximum Gasteiger partial charge on any atom is 0.308 e. The van der Waals surface area contributed by atoms with Crippen molar-refractivity contribution in [2.24, 2.45) is 11.8 Å². The summed E-state index contributed by atoms with van der Waals surface area (Å²) >= 11 is 0. The molecule has 1 saturated heterocycles. The molecule has 1 amide bonds. The van der Waals surface area contributed by atoms with E-state index in [2.05, 4.69) is 6.92 Å². The molecule has 0 saturated carbocycles. The van der Waals surface area contributed by atoms with Gasteiger partial charge in [-0.2, -0.15) is 0 Å². The smallest absolute Gasteiger partial charge is 0.308 e. The second kappa shape index (κ2) is 6.73. The summed E-state index contributed by atoms with van der Waals surface area (Å²) < 4.78 is 5.45. The van der Waals surface area contributed by atoms with E-state index in [1.165, 1.54) is 0 Å². The van der Waals surface area contributed by atoms with Crippen LogP contribution in [-0.4, -0.2) is 47.7 Å². The summed E-state index contributed by atoms with van der Waals surface area (Å²) in [5.74, 6) is -1.36. The van der Waals surface area contributed by atoms with E-state index in [0.29, 0.717) is 19.7 Å². The molecule has 1 fully saturated rings. The lowest BCUT2D eigenvalue weighted by molar-refractivity contribution is -0.144. The molecule has 5 nitrogen and oxygen atoms in total. The number of aliphatic carboxylic acids is 1. The van der Waals surface area contributed by atoms with Crippen molar-refractivity contribution in [1.29, 1.82) is 0 Å². The number of hydrogen-bond donors (Lipinski definition) is 1. The number of carboxylic acid groups (broad SMARTS) is 1. The average Bonchev–Trinajstić information content (AvgIpc) is 2.70. The van der Waals surface area contributed by atoms with Crippen LogP contribution in [0.25, 0.3) is 0 Å². The van der Waals surface area contributed by atoms with Gasteiger partial charge in [-0.1, -0.05) is 20.3 Å². The number of carboxylic acids is 1. The van der Waals surface area contributed by atoms with E-state index in [-0.39, 0.29) is 11.8 Å². The van der Waals surface area contributed by atoms with Gasteiger partial charge in [0.25, 0.3) is 5.91 Å². The van der Waals surface area contributed by atoms with Gasteiger partial charge in [0, 0.05) is 19.7 Å². The van der Waals surface area contributed by atoms with Crippen molar-refractivity contribution in [3.05, 3.63) is 0 Å². The lowest BCUT2D eigenvalue weighted by Crippen LogP contribution is -2.38. The average molecular weight is 257 g/mol. The van der Waals surface area contributed by atoms with Crippen molar-refractivity contribution in [2.45, 2.75) is 39.7 Å². The van der Waals surface area contributed by atoms with Crippen molar-refractivity contribution < 1.29 is 19.4 Å². The van der Waals surface area contributed by atoms with Crippen LogP contribution in [0.5, 0.6) is 0 Å². The van der Waals surface area contributed by atoms with Crippen LogP contribution < -0.4 is 0 Å². The zero-order chi connectivity index (χ0) is 13.7. The Morgan fingerprint density at radius 2 is 2.11 bits per heavy atom. The number of carbonyl (C=O) groups excluding carboxylic acids is 1. The largest absolute Gasteiger partial charge is 0.481 e. The SMILES string of the molecule is CCCCOC(C)C(=O)N1C[C@@H](C)[C@H](C(=O)O)C1. The fraction of sp³-hybridized carbons (Fsp3) is 0.846. The quantitative estimate of drug-likeness (QED) is 0.730. The first-order chi connectivity index (χ1) is 8.47. The third-order valence-corrected chi connectivity index (χ3v) is 3.45. The molecule has 1 aliphatic heterocycles. The maximum absolute atomic E-state index is 12.1. The Hall–Kier alpha value is -1.10. The van der Waals surface area contributed by atoms with Gasteiger partial charge in [0.1, 0.15) is 6.10 Å². The van der Waals surface area contributed by atoms with Gasteiger partial charge in [-0.05, 0) is 19.3 Å². The lowest BCUT2D eigenvalue weighted by Gasteiger charge is -2.21. The van der Waals surface area contributed by atoms with Crippen molar-refractivity contribution in [2.75, 3.05) is 19.7 Å². The Balaban J connectivity index is 2.45. The topological polar surface area (TPSA) is 66.8 Å². The van der Waals surface area contributed by atoms with Crippen LogP contribution >= 0.6 is 0 Å². The molecule has 0 aromatic rings. The number of hydrogen-bond acceptors (Lipinski definition) is 3. The van der Waals surface area contributed by atoms with E-state index >= 15 is 0 Å². The van der Waals surface area contributed by atoms with Crippen LogP contribution in [0, 0.1) is 11.8 Å². The molecule has 0 radical (unpaired) electrons. The highest BCUT2D eigenvalue weighted by atomic mass is 16.5. The Labute approximate surface area is 108 Å². The molecule has 1 rings (SSSR count). The molecule has 1 heterocycles. The highest BCUT2D eigenvalue weighted by molar-refractivity contribution is 5.82. The molecule has 0 bridgehead atoms. The van der Waals surface area contributed by atoms with Crippen molar-refractivity contribution in [3.63, 3.8) is 0 Å². The highest BCUT2D eigenvalue weighted by Gasteiger charge is 2.38. The van der Waals surface area contributed by atoms with E-state index in [4.69, 9.17) is 9.84 Å². The Bertz CT molecular complexity index is 305. The number of likely N-dealkylation sites (tertiary alicyclic amines) is 1. The second-order valence-electron chi connectivity index (χ2n) is 5.03. The maximum atomic E-state index is 12.1. The lowest BCUT2D eigenvalue weighted by atomic mass is 9.99. The monoisotopic (exact) mass is 257 g/mol. The van der Waals surface area contributed by atoms with Gasteiger partial charge in [-0.25, -0.2) is 0 Å². The molecule has 0 spiro atoms. The summed E-state index contributed by atoms with van der Waals surface area (Å²) in [7, 11) is 0. The number of nitrogens with zero attached hydrogens (tertiary/aromatic N) is 1. The summed E-state index contributed by atoms with van der Waals surface area (Å²) in [5.41, 5.74) is 0. The normalized spacial score (nSPS) is 25.2. The predicted octanol–water partition coefficient (Wildman–Crippen LogP) is 1.37. The first-order valence-electron chi connectivity index (χ1n) is 6.60. The standard InChI is InChI=1S/C13H23NO4/c1-4-5-6-18-10(3)12(15)14-7-9(2)11(8-14)13(16)17/h9-11H,4-8H2,1-3H3,(H,16,17)/t9-,10?,11-/m1/s1. The van der Waals surface area contributed by atoms with Crippen LogP contribution in [0.2, 0.25) is 0 Å². The molecule has 0 aromatic heterocycles. The number of ether oxygens (including phenoxy) is 1. The van der Waals surface area contributed by atoms with E-state index in [0.717, 1.165) is 12.8 Å². The summed E-state index contributed by atoms with van der Waals surface area (Å²) in [6.45, 7) is 7.06. The molecule has 3 atom stereocenters. The van der Waals surface area contributed by atoms with Gasteiger partial charge in [-0.15, -0.1) is 0 Å². The van der Waals surface area contributed by atoms with E-state index < -0.39 is 18.0 Å². The summed E-state index contributed by atoms with van der Waals surface area (Å²) in [4.78, 5) is 24.7. The van der Waals surface area contributed by atoms with Gasteiger partial charge in [-0.3, -0.25) is 9.59 Å². The van der Waals surface area contributed by atoms with Gasteiger partial charge < -0.3 is 14.7 Å². The van der Waals surface area contributed by atoms with Crippen LogP contribution in [-0.2, 0) is 14.3 Å². The van der Waals surface area contributed by atoms with Crippen LogP contribution in [0.15, 0.2) is 0 Å². The molecule has 5 heteroatoms. The Morgan fingerprint density at radius 1 is 1.44 bits per heavy atom. The Morgan fingerprint density at radius 3 is 2.61 bits per heavy atom. The van der Waals surface area contributed by atoms with E-state index in [1.807, 2.05) is 6.92 Å². The summed E-state index contributed by atoms with van der Waals surface area (Å²) in [6.07, 6.45) is 1.49. The zero-order valence-electron chi connectivity index (χ0n) is 11.4. The first-order valence-corrected chi connectivity index (χ1v) is 6.60. The zero-order valence-corrected chi connectivity index (χ0v) is 11.4. The fourth-order valence-electron chi connectivity index (χ4n) is 2.20. The minimum absolute atomic E-state index is 0.00860. The van der Waals surface area contributed by atoms with Gasteiger partial charge in [0.2, 0.25) is 0 Å². The predicted molar refractivity (Wildman–Crippen MR) is 67.2 cm³/mol. The molecule has 1 aliphatic rings. The molecule has 0 aromatic carbocycles. The second-order valence-corrected chi connectivity index (χ2v) is 5.03. The minimum atomic E-state index is -0.822. The summed E-state index contributed by atoms with van der Waals surface area (Å²) in [5, 5.41) is 9.03. The number of amides is 1. The van der Waals surface area contributed by atoms with Crippen molar-refractivity contribution in [3.8, 4) is 0 Å². The Kier molecular flexibility index (Phi) is 5.59. The number of unbranched alkanes of at least 4 members (excludes halogenated alkanes) is 1. The first kappa shape index (κ1) is 15.0. The van der Waals surface area contributed by atoms with Crippen LogP contribution in [0.3, 0.4) is 0 Å². The van der Waals surface area contributed by atoms with Crippen molar-refractivity contribution >= 4 is 11.9 Å². The summed E-state index contributed by atoms with van der Waals surface area (Å²) in [6, 6.07) is 0. The molecule has 104 valence electrons. The third-order valence-electron chi connectivity index (χ3n) is 3.45. The molecular weight excluding hydrogens is 234 g/mol. The molecule has 1 N–H and O–H groups in total. The fourth-order valence-corrected chi connectivity index (χ4v) is 2.20. The molecular formula is C13H23NO4. The highest BCUT2D eigenvalue weighted by Crippen LogP contribution is 2.24. The van der Waals surface area contributed by atoms with E-state index in [9.17, 15) is 9.59 Å². The van der Waals surface area contributed by atoms with Gasteiger partial charge in [0.05, 0.1) is 5.92 Å². The third kappa shape index (κ3) is 3.70. The molecule has 1 unspecified atom stereocenters. The van der Waals surface area contributed by atoms with Gasteiger partial charge >= 0.3 is 5.97 Å².